The van der Waals surface area contributed by atoms with Gasteiger partial charge in [-0.05, 0) is 19.3 Å². The minimum absolute atomic E-state index is 0.0882. The summed E-state index contributed by atoms with van der Waals surface area (Å²) in [6, 6.07) is 2.06. The molecule has 0 saturated carbocycles. The van der Waals surface area contributed by atoms with Gasteiger partial charge in [-0.15, -0.1) is 0 Å². The van der Waals surface area contributed by atoms with E-state index >= 15 is 0 Å². The Morgan fingerprint density at radius 3 is 3.22 bits per heavy atom. The third kappa shape index (κ3) is 2.89. The second kappa shape index (κ2) is 5.98. The van der Waals surface area contributed by atoms with Crippen LogP contribution in [0.15, 0.2) is 11.8 Å². The fourth-order valence-corrected chi connectivity index (χ4v) is 2.46. The quantitative estimate of drug-likeness (QED) is 0.781. The van der Waals surface area contributed by atoms with E-state index in [1.165, 1.54) is 0 Å². The highest BCUT2D eigenvalue weighted by Gasteiger charge is 2.26. The molecule has 18 heavy (non-hydrogen) atoms. The largest absolute Gasteiger partial charge is 0.318 e. The highest BCUT2D eigenvalue weighted by atomic mass is 16.2. The Hall–Kier alpha value is -1.38. The smallest absolute Gasteiger partial charge is 0.240 e. The summed E-state index contributed by atoms with van der Waals surface area (Å²) in [6.07, 6.45) is 5.34. The summed E-state index contributed by atoms with van der Waals surface area (Å²) in [5, 5.41) is 12.2. The molecule has 1 aliphatic heterocycles. The fourth-order valence-electron chi connectivity index (χ4n) is 2.46. The lowest BCUT2D eigenvalue weighted by molar-refractivity contribution is -0.129. The first-order valence-corrected chi connectivity index (χ1v) is 6.52. The zero-order valence-electron chi connectivity index (χ0n) is 10.9. The molecule has 5 heteroatoms. The molecule has 5 nitrogen and oxygen atoms in total. The maximum Gasteiger partial charge on any atom is 0.240 e. The minimum atomic E-state index is -0.186. The third-order valence-electron chi connectivity index (χ3n) is 3.66. The van der Waals surface area contributed by atoms with E-state index in [1.54, 1.807) is 4.90 Å². The summed E-state index contributed by atoms with van der Waals surface area (Å²) in [5.74, 6) is 0.0882. The highest BCUT2D eigenvalue weighted by Crippen LogP contribution is 2.20. The number of nitrogens with one attached hydrogen (secondary N) is 1. The molecule has 0 aromatic carbocycles. The Bertz CT molecular complexity index is 385. The number of rotatable bonds is 3. The molecule has 0 spiro atoms. The summed E-state index contributed by atoms with van der Waals surface area (Å²) < 4.78 is 0. The monoisotopic (exact) mass is 248 g/mol. The van der Waals surface area contributed by atoms with Crippen molar-refractivity contribution in [2.45, 2.75) is 25.3 Å². The Labute approximate surface area is 108 Å². The molecule has 2 rings (SSSR count). The fraction of sp³-hybridized carbons (Fsp3) is 0.692. The van der Waals surface area contributed by atoms with Crippen LogP contribution in [0.2, 0.25) is 0 Å². The molecular formula is C13H20N4O. The van der Waals surface area contributed by atoms with Crippen molar-refractivity contribution in [3.05, 3.63) is 11.8 Å². The summed E-state index contributed by atoms with van der Waals surface area (Å²) in [5.41, 5.74) is 1.13. The lowest BCUT2D eigenvalue weighted by Crippen LogP contribution is -2.53. The van der Waals surface area contributed by atoms with Crippen molar-refractivity contribution in [2.24, 2.45) is 0 Å². The summed E-state index contributed by atoms with van der Waals surface area (Å²) in [7, 11) is 1.84. The van der Waals surface area contributed by atoms with Gasteiger partial charge < -0.3 is 10.2 Å². The highest BCUT2D eigenvalue weighted by molar-refractivity contribution is 5.80. The SMILES string of the molecule is CN(C(=O)CN1CCNCC1C#N)C1=CCCC1. The second-order valence-corrected chi connectivity index (χ2v) is 4.86. The number of hydrogen-bond donors (Lipinski definition) is 1. The number of nitrogens with zero attached hydrogens (tertiary/aromatic N) is 3. The van der Waals surface area contributed by atoms with Gasteiger partial charge in [0.05, 0.1) is 12.6 Å². The molecule has 0 radical (unpaired) electrons. The number of amides is 1. The van der Waals surface area contributed by atoms with Crippen molar-refractivity contribution in [2.75, 3.05) is 33.2 Å². The van der Waals surface area contributed by atoms with Crippen molar-refractivity contribution >= 4 is 5.91 Å². The van der Waals surface area contributed by atoms with E-state index in [0.717, 1.165) is 38.0 Å². The molecule has 0 aromatic rings. The predicted octanol–water partition coefficient (Wildman–Crippen LogP) is 0.310. The first-order valence-electron chi connectivity index (χ1n) is 6.52. The van der Waals surface area contributed by atoms with Crippen LogP contribution < -0.4 is 5.32 Å². The molecule has 1 heterocycles. The van der Waals surface area contributed by atoms with Gasteiger partial charge in [0.2, 0.25) is 5.91 Å². The number of carbonyl (C=O) groups is 1. The first kappa shape index (κ1) is 13.1. The standard InChI is InChI=1S/C13H20N4O/c1-16(11-4-2-3-5-11)13(18)10-17-7-6-15-9-12(17)8-14/h4,12,15H,2-3,5-7,9-10H2,1H3. The van der Waals surface area contributed by atoms with E-state index in [-0.39, 0.29) is 11.9 Å². The van der Waals surface area contributed by atoms with Crippen LogP contribution >= 0.6 is 0 Å². The van der Waals surface area contributed by atoms with Crippen molar-refractivity contribution in [1.29, 1.82) is 5.26 Å². The molecular weight excluding hydrogens is 228 g/mol. The van der Waals surface area contributed by atoms with Gasteiger partial charge in [-0.2, -0.15) is 5.26 Å². The van der Waals surface area contributed by atoms with Gasteiger partial charge in [-0.3, -0.25) is 9.69 Å². The van der Waals surface area contributed by atoms with E-state index in [4.69, 9.17) is 5.26 Å². The maximum absolute atomic E-state index is 12.2. The van der Waals surface area contributed by atoms with Crippen LogP contribution in [0, 0.1) is 11.3 Å². The van der Waals surface area contributed by atoms with Gasteiger partial charge in [0.15, 0.2) is 0 Å². The molecule has 98 valence electrons. The Kier molecular flexibility index (Phi) is 4.34. The number of piperazine rings is 1. The molecule has 1 unspecified atom stereocenters. The summed E-state index contributed by atoms with van der Waals surface area (Å²) in [4.78, 5) is 15.9. The normalized spacial score (nSPS) is 24.4. The Balaban J connectivity index is 1.91. The average molecular weight is 248 g/mol. The molecule has 1 N–H and O–H groups in total. The molecule has 1 atom stereocenters. The Morgan fingerprint density at radius 2 is 2.56 bits per heavy atom. The van der Waals surface area contributed by atoms with Crippen LogP contribution in [0.5, 0.6) is 0 Å². The van der Waals surface area contributed by atoms with Crippen LogP contribution in [-0.4, -0.2) is 55.0 Å². The number of nitriles is 1. The Morgan fingerprint density at radius 1 is 1.72 bits per heavy atom. The van der Waals surface area contributed by atoms with Gasteiger partial charge in [0.1, 0.15) is 6.04 Å². The van der Waals surface area contributed by atoms with E-state index in [2.05, 4.69) is 17.5 Å². The topological polar surface area (TPSA) is 59.4 Å². The average Bonchev–Trinajstić information content (AvgIpc) is 2.92. The van der Waals surface area contributed by atoms with Crippen molar-refractivity contribution in [3.63, 3.8) is 0 Å². The lowest BCUT2D eigenvalue weighted by atomic mass is 10.2. The summed E-state index contributed by atoms with van der Waals surface area (Å²) >= 11 is 0. The number of hydrogen-bond acceptors (Lipinski definition) is 4. The molecule has 2 aliphatic rings. The van der Waals surface area contributed by atoms with E-state index < -0.39 is 0 Å². The molecule has 0 aromatic heterocycles. The van der Waals surface area contributed by atoms with Crippen LogP contribution in [-0.2, 0) is 4.79 Å². The number of allylic oxidation sites excluding steroid dienone is 2. The maximum atomic E-state index is 12.2. The van der Waals surface area contributed by atoms with Crippen LogP contribution in [0.25, 0.3) is 0 Å². The zero-order valence-corrected chi connectivity index (χ0v) is 10.9. The van der Waals surface area contributed by atoms with Crippen LogP contribution in [0.3, 0.4) is 0 Å². The van der Waals surface area contributed by atoms with Crippen LogP contribution in [0.1, 0.15) is 19.3 Å². The van der Waals surface area contributed by atoms with Crippen LogP contribution in [0.4, 0.5) is 0 Å². The van der Waals surface area contributed by atoms with Gasteiger partial charge in [0.25, 0.3) is 0 Å². The van der Waals surface area contributed by atoms with Gasteiger partial charge in [-0.25, -0.2) is 0 Å². The number of likely N-dealkylation sites (N-methyl/N-ethyl adjacent to an activating group) is 1. The van der Waals surface area contributed by atoms with Gasteiger partial charge in [0, 0.05) is 32.4 Å². The molecule has 0 bridgehead atoms. The minimum Gasteiger partial charge on any atom is -0.318 e. The lowest BCUT2D eigenvalue weighted by Gasteiger charge is -2.32. The molecule has 1 amide bonds. The van der Waals surface area contributed by atoms with E-state index in [9.17, 15) is 4.79 Å². The number of carbonyl (C=O) groups excluding carboxylic acids is 1. The van der Waals surface area contributed by atoms with Crippen molar-refractivity contribution in [3.8, 4) is 6.07 Å². The van der Waals surface area contributed by atoms with Crippen molar-refractivity contribution < 1.29 is 4.79 Å². The third-order valence-corrected chi connectivity index (χ3v) is 3.66. The predicted molar refractivity (Wildman–Crippen MR) is 68.5 cm³/mol. The summed E-state index contributed by atoms with van der Waals surface area (Å²) in [6.45, 7) is 2.60. The molecule has 1 fully saturated rings. The zero-order chi connectivity index (χ0) is 13.0. The second-order valence-electron chi connectivity index (χ2n) is 4.86. The van der Waals surface area contributed by atoms with Crippen molar-refractivity contribution in [1.82, 2.24) is 15.1 Å². The molecule has 1 saturated heterocycles. The van der Waals surface area contributed by atoms with Gasteiger partial charge in [-0.1, -0.05) is 6.08 Å². The van der Waals surface area contributed by atoms with E-state index in [1.807, 2.05) is 11.9 Å². The first-order chi connectivity index (χ1) is 8.72. The van der Waals surface area contributed by atoms with E-state index in [0.29, 0.717) is 13.1 Å². The van der Waals surface area contributed by atoms with Gasteiger partial charge >= 0.3 is 0 Å². The molecule has 1 aliphatic carbocycles.